The third-order valence-corrected chi connectivity index (χ3v) is 6.24. The van der Waals surface area contributed by atoms with Crippen LogP contribution in [0, 0.1) is 0 Å². The molecule has 4 rings (SSSR count). The molecule has 0 unspecified atom stereocenters. The summed E-state index contributed by atoms with van der Waals surface area (Å²) in [4.78, 5) is 32.4. The van der Waals surface area contributed by atoms with Gasteiger partial charge in [-0.2, -0.15) is 4.98 Å². The summed E-state index contributed by atoms with van der Waals surface area (Å²) < 4.78 is 8.73. The van der Waals surface area contributed by atoms with Crippen molar-refractivity contribution in [3.63, 3.8) is 0 Å². The minimum atomic E-state index is -0.331. The molecule has 3 aromatic rings. The maximum atomic E-state index is 13.2. The summed E-state index contributed by atoms with van der Waals surface area (Å²) in [5.41, 5.74) is 0.301. The molecule has 3 heterocycles. The fourth-order valence-corrected chi connectivity index (χ4v) is 4.72. The predicted molar refractivity (Wildman–Crippen MR) is 126 cm³/mol. The number of fused-ring (bicyclic) bond motifs is 1. The van der Waals surface area contributed by atoms with Crippen molar-refractivity contribution in [3.05, 3.63) is 74.0 Å². The molecule has 0 spiro atoms. The fraction of sp³-hybridized carbons (Fsp3) is 0.143. The number of thioether (sulfide) groups is 1. The van der Waals surface area contributed by atoms with Gasteiger partial charge in [-0.15, -0.1) is 0 Å². The number of carbonyl (C=O) groups is 1. The van der Waals surface area contributed by atoms with Crippen LogP contribution in [0.15, 0.2) is 62.8 Å². The van der Waals surface area contributed by atoms with Crippen molar-refractivity contribution in [2.45, 2.75) is 19.9 Å². The minimum Gasteiger partial charge on any atom is -0.438 e. The van der Waals surface area contributed by atoms with E-state index >= 15 is 0 Å². The van der Waals surface area contributed by atoms with Crippen LogP contribution in [0.4, 0.5) is 0 Å². The number of aromatic nitrogens is 2. The lowest BCUT2D eigenvalue weighted by Gasteiger charge is -2.18. The highest BCUT2D eigenvalue weighted by Crippen LogP contribution is 2.35. The molecule has 6 nitrogen and oxygen atoms in total. The lowest BCUT2D eigenvalue weighted by molar-refractivity contribution is -0.123. The highest BCUT2D eigenvalue weighted by molar-refractivity contribution is 9.10. The molecule has 0 bridgehead atoms. The first kappa shape index (κ1) is 20.8. The molecule has 152 valence electrons. The standard InChI is InChI=1S/C21H16BrN3O3S2/c1-12(2)25-20(27)16(30-21(25)29)11-15-18(28-14-8-6-13(22)7-9-14)23-17-5-3-4-10-24(17)19(15)26/h3-12H,1-2H3/b16-11-. The third kappa shape index (κ3) is 3.92. The molecule has 1 aliphatic rings. The highest BCUT2D eigenvalue weighted by atomic mass is 79.9. The molecule has 1 saturated heterocycles. The molecule has 1 fully saturated rings. The van der Waals surface area contributed by atoms with Crippen LogP contribution in [0.3, 0.4) is 0 Å². The van der Waals surface area contributed by atoms with Gasteiger partial charge in [-0.05, 0) is 56.3 Å². The van der Waals surface area contributed by atoms with E-state index in [0.717, 1.165) is 4.47 Å². The first-order valence-corrected chi connectivity index (χ1v) is 11.1. The normalized spacial score (nSPS) is 15.6. The summed E-state index contributed by atoms with van der Waals surface area (Å²) in [5, 5.41) is 0. The Morgan fingerprint density at radius 1 is 1.17 bits per heavy atom. The average molecular weight is 502 g/mol. The second-order valence-corrected chi connectivity index (χ2v) is 9.36. The Morgan fingerprint density at radius 2 is 1.90 bits per heavy atom. The lowest BCUT2D eigenvalue weighted by atomic mass is 10.2. The van der Waals surface area contributed by atoms with Crippen molar-refractivity contribution in [2.75, 3.05) is 0 Å². The second-order valence-electron chi connectivity index (χ2n) is 6.77. The maximum Gasteiger partial charge on any atom is 0.269 e. The second kappa shape index (κ2) is 8.33. The Kier molecular flexibility index (Phi) is 5.77. The fourth-order valence-electron chi connectivity index (χ4n) is 2.95. The summed E-state index contributed by atoms with van der Waals surface area (Å²) in [6, 6.07) is 12.4. The van der Waals surface area contributed by atoms with Crippen LogP contribution in [0.2, 0.25) is 0 Å². The van der Waals surface area contributed by atoms with E-state index in [9.17, 15) is 9.59 Å². The zero-order valence-corrected chi connectivity index (χ0v) is 19.3. The van der Waals surface area contributed by atoms with E-state index in [2.05, 4.69) is 20.9 Å². The number of thiocarbonyl (C=S) groups is 1. The third-order valence-electron chi connectivity index (χ3n) is 4.38. The molecule has 1 aliphatic heterocycles. The molecule has 9 heteroatoms. The molecule has 2 aromatic heterocycles. The van der Waals surface area contributed by atoms with Crippen molar-refractivity contribution in [1.82, 2.24) is 14.3 Å². The quantitative estimate of drug-likeness (QED) is 0.375. The maximum absolute atomic E-state index is 13.2. The summed E-state index contributed by atoms with van der Waals surface area (Å²) in [6.45, 7) is 3.78. The van der Waals surface area contributed by atoms with Gasteiger partial charge in [0.25, 0.3) is 11.5 Å². The molecule has 0 atom stereocenters. The van der Waals surface area contributed by atoms with E-state index in [1.807, 2.05) is 26.0 Å². The van der Waals surface area contributed by atoms with Gasteiger partial charge < -0.3 is 4.74 Å². The molecule has 1 amide bonds. The largest absolute Gasteiger partial charge is 0.438 e. The van der Waals surface area contributed by atoms with Crippen molar-refractivity contribution >= 4 is 61.9 Å². The smallest absolute Gasteiger partial charge is 0.269 e. The van der Waals surface area contributed by atoms with Gasteiger partial charge in [0.2, 0.25) is 5.88 Å². The van der Waals surface area contributed by atoms with E-state index in [0.29, 0.717) is 20.6 Å². The molecule has 0 N–H and O–H groups in total. The van der Waals surface area contributed by atoms with Gasteiger partial charge in [-0.3, -0.25) is 18.9 Å². The summed E-state index contributed by atoms with van der Waals surface area (Å²) >= 11 is 9.89. The molecule has 0 radical (unpaired) electrons. The highest BCUT2D eigenvalue weighted by Gasteiger charge is 2.34. The van der Waals surface area contributed by atoms with Crippen molar-refractivity contribution < 1.29 is 9.53 Å². The Morgan fingerprint density at radius 3 is 2.57 bits per heavy atom. The van der Waals surface area contributed by atoms with Gasteiger partial charge in [0.1, 0.15) is 21.3 Å². The molecule has 0 saturated carbocycles. The van der Waals surface area contributed by atoms with Gasteiger partial charge in [-0.1, -0.05) is 46.0 Å². The van der Waals surface area contributed by atoms with Crippen LogP contribution < -0.4 is 10.3 Å². The van der Waals surface area contributed by atoms with Gasteiger partial charge in [0, 0.05) is 16.7 Å². The minimum absolute atomic E-state index is 0.0716. The Labute approximate surface area is 190 Å². The zero-order valence-electron chi connectivity index (χ0n) is 16.0. The SMILES string of the molecule is CC(C)N1C(=O)/C(=C/c2c(Oc3ccc(Br)cc3)nc3ccccn3c2=O)SC1=S. The molecule has 1 aromatic carbocycles. The van der Waals surface area contributed by atoms with E-state index in [4.69, 9.17) is 17.0 Å². The molecule has 0 aliphatic carbocycles. The van der Waals surface area contributed by atoms with Gasteiger partial charge in [0.15, 0.2) is 0 Å². The van der Waals surface area contributed by atoms with Gasteiger partial charge in [0.05, 0.1) is 4.91 Å². The Hall–Kier alpha value is -2.49. The van der Waals surface area contributed by atoms with Crippen LogP contribution in [-0.4, -0.2) is 30.6 Å². The van der Waals surface area contributed by atoms with Gasteiger partial charge in [-0.25, -0.2) is 0 Å². The summed E-state index contributed by atoms with van der Waals surface area (Å²) in [7, 11) is 0. The lowest BCUT2D eigenvalue weighted by Crippen LogP contribution is -2.34. The number of nitrogens with zero attached hydrogens (tertiary/aromatic N) is 3. The first-order chi connectivity index (χ1) is 14.3. The van der Waals surface area contributed by atoms with Gasteiger partial charge >= 0.3 is 0 Å². The van der Waals surface area contributed by atoms with Crippen molar-refractivity contribution in [3.8, 4) is 11.6 Å². The number of pyridine rings is 1. The van der Waals surface area contributed by atoms with E-state index < -0.39 is 0 Å². The predicted octanol–water partition coefficient (Wildman–Crippen LogP) is 4.86. The monoisotopic (exact) mass is 501 g/mol. The number of amides is 1. The van der Waals surface area contributed by atoms with Crippen LogP contribution in [0.25, 0.3) is 11.7 Å². The molecule has 30 heavy (non-hydrogen) atoms. The number of halogens is 1. The van der Waals surface area contributed by atoms with Crippen LogP contribution >= 0.6 is 39.9 Å². The number of hydrogen-bond donors (Lipinski definition) is 0. The van der Waals surface area contributed by atoms with Crippen molar-refractivity contribution in [1.29, 1.82) is 0 Å². The van der Waals surface area contributed by atoms with E-state index in [-0.39, 0.29) is 29.0 Å². The van der Waals surface area contributed by atoms with Crippen LogP contribution in [0.5, 0.6) is 11.6 Å². The Balaban J connectivity index is 1.86. The topological polar surface area (TPSA) is 63.9 Å². The van der Waals surface area contributed by atoms with Crippen LogP contribution in [-0.2, 0) is 4.79 Å². The molecular weight excluding hydrogens is 486 g/mol. The molecular formula is C21H16BrN3O3S2. The van der Waals surface area contributed by atoms with Crippen LogP contribution in [0.1, 0.15) is 19.4 Å². The average Bonchev–Trinajstić information content (AvgIpc) is 3.00. The van der Waals surface area contributed by atoms with Crippen molar-refractivity contribution in [2.24, 2.45) is 0 Å². The number of hydrogen-bond acceptors (Lipinski definition) is 6. The summed E-state index contributed by atoms with van der Waals surface area (Å²) in [5.74, 6) is 0.422. The zero-order chi connectivity index (χ0) is 21.4. The number of benzene rings is 1. The Bertz CT molecular complexity index is 1250. The first-order valence-electron chi connectivity index (χ1n) is 9.07. The number of carbonyl (C=O) groups excluding carboxylic acids is 1. The van der Waals surface area contributed by atoms with E-state index in [1.54, 1.807) is 36.5 Å². The summed E-state index contributed by atoms with van der Waals surface area (Å²) in [6.07, 6.45) is 3.15. The number of rotatable bonds is 4. The van der Waals surface area contributed by atoms with E-state index in [1.165, 1.54) is 27.1 Å². The number of ether oxygens (including phenoxy) is 1.